The lowest BCUT2D eigenvalue weighted by molar-refractivity contribution is 0.0600. The number of amides is 1. The fourth-order valence-corrected chi connectivity index (χ4v) is 2.66. The summed E-state index contributed by atoms with van der Waals surface area (Å²) < 4.78 is 0. The second-order valence-electron chi connectivity index (χ2n) is 6.32. The number of hydrogen-bond donors (Lipinski definition) is 1. The molecule has 21 heavy (non-hydrogen) atoms. The van der Waals surface area contributed by atoms with Crippen molar-refractivity contribution in [3.8, 4) is 0 Å². The highest BCUT2D eigenvalue weighted by Crippen LogP contribution is 2.34. The Hall–Kier alpha value is -1.58. The number of nitrogens with one attached hydrogen (secondary N) is 1. The van der Waals surface area contributed by atoms with Crippen LogP contribution in [0, 0.1) is 5.41 Å². The number of piperidine rings is 1. The van der Waals surface area contributed by atoms with E-state index in [1.54, 1.807) is 6.20 Å². The molecule has 0 unspecified atom stereocenters. The van der Waals surface area contributed by atoms with Gasteiger partial charge in [-0.2, -0.15) is 0 Å². The van der Waals surface area contributed by atoms with Crippen LogP contribution < -0.4 is 5.32 Å². The second kappa shape index (κ2) is 6.92. The first-order chi connectivity index (χ1) is 10.1. The minimum absolute atomic E-state index is 0.114. The minimum atomic E-state index is 0.114. The molecule has 0 atom stereocenters. The van der Waals surface area contributed by atoms with E-state index >= 15 is 0 Å². The molecule has 2 rings (SSSR count). The van der Waals surface area contributed by atoms with Crippen LogP contribution in [0.1, 0.15) is 56.8 Å². The van der Waals surface area contributed by atoms with Gasteiger partial charge >= 0.3 is 0 Å². The summed E-state index contributed by atoms with van der Waals surface area (Å²) in [5, 5.41) is 3.22. The van der Waals surface area contributed by atoms with Gasteiger partial charge in [0.15, 0.2) is 0 Å². The van der Waals surface area contributed by atoms with E-state index < -0.39 is 0 Å². The molecule has 1 aliphatic rings. The van der Waals surface area contributed by atoms with Crippen molar-refractivity contribution in [2.75, 3.05) is 25.0 Å². The smallest absolute Gasteiger partial charge is 0.255 e. The van der Waals surface area contributed by atoms with Crippen molar-refractivity contribution in [3.63, 3.8) is 0 Å². The van der Waals surface area contributed by atoms with Crippen LogP contribution in [0.15, 0.2) is 18.3 Å². The molecule has 1 aromatic rings. The van der Waals surface area contributed by atoms with E-state index in [1.165, 1.54) is 6.42 Å². The fourth-order valence-electron chi connectivity index (χ4n) is 2.66. The molecule has 0 spiro atoms. The molecule has 1 saturated heterocycles. The van der Waals surface area contributed by atoms with Gasteiger partial charge in [0.2, 0.25) is 0 Å². The third kappa shape index (κ3) is 3.96. The topological polar surface area (TPSA) is 45.2 Å². The van der Waals surface area contributed by atoms with Crippen LogP contribution in [0.2, 0.25) is 0 Å². The first kappa shape index (κ1) is 15.8. The third-order valence-corrected chi connectivity index (χ3v) is 4.68. The van der Waals surface area contributed by atoms with E-state index in [9.17, 15) is 4.79 Å². The summed E-state index contributed by atoms with van der Waals surface area (Å²) in [4.78, 5) is 18.8. The largest absolute Gasteiger partial charge is 0.370 e. The van der Waals surface area contributed by atoms with E-state index in [2.05, 4.69) is 31.1 Å². The van der Waals surface area contributed by atoms with Gasteiger partial charge in [0.05, 0.1) is 5.56 Å². The van der Waals surface area contributed by atoms with Gasteiger partial charge < -0.3 is 10.2 Å². The molecule has 116 valence electrons. The quantitative estimate of drug-likeness (QED) is 0.901. The summed E-state index contributed by atoms with van der Waals surface area (Å²) in [5.74, 6) is 0.952. The summed E-state index contributed by atoms with van der Waals surface area (Å²) in [6.45, 7) is 9.30. The number of carbonyl (C=O) groups is 1. The highest BCUT2D eigenvalue weighted by atomic mass is 16.2. The Labute approximate surface area is 127 Å². The molecule has 1 aliphatic heterocycles. The zero-order valence-electron chi connectivity index (χ0n) is 13.5. The Balaban J connectivity index is 1.94. The number of anilines is 1. The van der Waals surface area contributed by atoms with Crippen LogP contribution >= 0.6 is 0 Å². The van der Waals surface area contributed by atoms with Crippen molar-refractivity contribution in [3.05, 3.63) is 23.9 Å². The summed E-state index contributed by atoms with van der Waals surface area (Å²) in [6, 6.07) is 3.77. The molecule has 1 fully saturated rings. The average Bonchev–Trinajstić information content (AvgIpc) is 2.53. The molecule has 0 saturated carbocycles. The summed E-state index contributed by atoms with van der Waals surface area (Å²) in [6.07, 6.45) is 6.13. The van der Waals surface area contributed by atoms with Crippen molar-refractivity contribution < 1.29 is 4.79 Å². The van der Waals surface area contributed by atoms with Gasteiger partial charge in [0.25, 0.3) is 5.91 Å². The van der Waals surface area contributed by atoms with Gasteiger partial charge in [-0.15, -0.1) is 0 Å². The summed E-state index contributed by atoms with van der Waals surface area (Å²) >= 11 is 0. The van der Waals surface area contributed by atoms with E-state index in [-0.39, 0.29) is 5.91 Å². The normalized spacial score (nSPS) is 17.6. The Bertz CT molecular complexity index is 461. The maximum atomic E-state index is 12.5. The maximum Gasteiger partial charge on any atom is 0.255 e. The van der Waals surface area contributed by atoms with Crippen LogP contribution in [0.4, 0.5) is 5.82 Å². The second-order valence-corrected chi connectivity index (χ2v) is 6.32. The van der Waals surface area contributed by atoms with Crippen LogP contribution in [0.3, 0.4) is 0 Å². The lowest BCUT2D eigenvalue weighted by Gasteiger charge is -2.38. The summed E-state index contributed by atoms with van der Waals surface area (Å²) in [5.41, 5.74) is 1.10. The number of likely N-dealkylation sites (tertiary alicyclic amines) is 1. The van der Waals surface area contributed by atoms with E-state index in [0.29, 0.717) is 11.0 Å². The zero-order valence-corrected chi connectivity index (χ0v) is 13.5. The number of rotatable bonds is 5. The molecule has 0 aromatic carbocycles. The third-order valence-electron chi connectivity index (χ3n) is 4.68. The van der Waals surface area contributed by atoms with Crippen molar-refractivity contribution in [2.45, 2.75) is 46.5 Å². The molecule has 1 N–H and O–H groups in total. The van der Waals surface area contributed by atoms with Gasteiger partial charge in [-0.25, -0.2) is 4.98 Å². The highest BCUT2D eigenvalue weighted by Gasteiger charge is 2.30. The molecule has 4 nitrogen and oxygen atoms in total. The van der Waals surface area contributed by atoms with Crippen molar-refractivity contribution in [2.24, 2.45) is 5.41 Å². The Morgan fingerprint density at radius 2 is 2.05 bits per heavy atom. The molecule has 1 aromatic heterocycles. The number of hydrogen-bond acceptors (Lipinski definition) is 3. The Morgan fingerprint density at radius 3 is 2.57 bits per heavy atom. The van der Waals surface area contributed by atoms with Gasteiger partial charge in [-0.1, -0.05) is 27.2 Å². The zero-order chi connectivity index (χ0) is 15.3. The fraction of sp³-hybridized carbons (Fsp3) is 0.647. The monoisotopic (exact) mass is 289 g/mol. The molecule has 2 heterocycles. The Morgan fingerprint density at radius 1 is 1.33 bits per heavy atom. The SMILES string of the molecule is CCCNc1ccc(C(=O)N2CCC(C)(CC)CC2)cn1. The molecule has 0 bridgehead atoms. The first-order valence-electron chi connectivity index (χ1n) is 8.07. The highest BCUT2D eigenvalue weighted by molar-refractivity contribution is 5.94. The van der Waals surface area contributed by atoms with Gasteiger partial charge in [0.1, 0.15) is 5.82 Å². The van der Waals surface area contributed by atoms with E-state index in [0.717, 1.165) is 44.7 Å². The van der Waals surface area contributed by atoms with Gasteiger partial charge in [-0.05, 0) is 36.8 Å². The minimum Gasteiger partial charge on any atom is -0.370 e. The molecule has 0 radical (unpaired) electrons. The van der Waals surface area contributed by atoms with E-state index in [4.69, 9.17) is 0 Å². The number of carbonyl (C=O) groups excluding carboxylic acids is 1. The molecular formula is C17H27N3O. The number of pyridine rings is 1. The molecular weight excluding hydrogens is 262 g/mol. The number of nitrogens with zero attached hydrogens (tertiary/aromatic N) is 2. The predicted octanol–water partition coefficient (Wildman–Crippen LogP) is 3.56. The lowest BCUT2D eigenvalue weighted by Crippen LogP contribution is -2.41. The van der Waals surface area contributed by atoms with Crippen molar-refractivity contribution in [1.82, 2.24) is 9.88 Å². The maximum absolute atomic E-state index is 12.5. The van der Waals surface area contributed by atoms with Crippen LogP contribution in [0.25, 0.3) is 0 Å². The Kier molecular flexibility index (Phi) is 5.21. The molecule has 1 amide bonds. The van der Waals surface area contributed by atoms with Crippen molar-refractivity contribution in [1.29, 1.82) is 0 Å². The van der Waals surface area contributed by atoms with E-state index in [1.807, 2.05) is 17.0 Å². The lowest BCUT2D eigenvalue weighted by atomic mass is 9.78. The van der Waals surface area contributed by atoms with Crippen LogP contribution in [-0.4, -0.2) is 35.4 Å². The molecule has 0 aliphatic carbocycles. The van der Waals surface area contributed by atoms with Crippen molar-refractivity contribution >= 4 is 11.7 Å². The van der Waals surface area contributed by atoms with Gasteiger partial charge in [0, 0.05) is 25.8 Å². The van der Waals surface area contributed by atoms with Crippen LogP contribution in [0.5, 0.6) is 0 Å². The van der Waals surface area contributed by atoms with Gasteiger partial charge in [-0.3, -0.25) is 4.79 Å². The standard InChI is InChI=1S/C17H27N3O/c1-4-10-18-15-7-6-14(13-19-15)16(21)20-11-8-17(3,5-2)9-12-20/h6-7,13H,4-5,8-12H2,1-3H3,(H,18,19). The predicted molar refractivity (Wildman–Crippen MR) is 86.6 cm³/mol. The molecule has 4 heteroatoms. The summed E-state index contributed by atoms with van der Waals surface area (Å²) in [7, 11) is 0. The number of aromatic nitrogens is 1. The van der Waals surface area contributed by atoms with Crippen LogP contribution in [-0.2, 0) is 0 Å². The average molecular weight is 289 g/mol. The first-order valence-corrected chi connectivity index (χ1v) is 8.07.